The van der Waals surface area contributed by atoms with Crippen LogP contribution in [0.2, 0.25) is 0 Å². The fraction of sp³-hybridized carbons (Fsp3) is 0.778. The molecule has 0 aliphatic carbocycles. The summed E-state index contributed by atoms with van der Waals surface area (Å²) in [6.45, 7) is 3.68. The van der Waals surface area contributed by atoms with Gasteiger partial charge in [0.2, 0.25) is 5.91 Å². The van der Waals surface area contributed by atoms with Crippen molar-refractivity contribution in [2.45, 2.75) is 31.4 Å². The summed E-state index contributed by atoms with van der Waals surface area (Å²) in [6, 6.07) is 0. The Kier molecular flexibility index (Phi) is 4.79. The molecule has 1 rings (SSSR count). The Labute approximate surface area is 88.7 Å². The lowest BCUT2D eigenvalue weighted by molar-refractivity contribution is -0.117. The Hall–Kier alpha value is -0.710. The highest BCUT2D eigenvalue weighted by Crippen LogP contribution is 2.23. The second kappa shape index (κ2) is 5.90. The van der Waals surface area contributed by atoms with Crippen molar-refractivity contribution in [3.8, 4) is 0 Å². The fourth-order valence-electron chi connectivity index (χ4n) is 1.28. The van der Waals surface area contributed by atoms with E-state index >= 15 is 0 Å². The first kappa shape index (κ1) is 11.4. The van der Waals surface area contributed by atoms with E-state index in [1.165, 1.54) is 12.8 Å². The molecule has 1 atom stereocenters. The highest BCUT2D eigenvalue weighted by Gasteiger charge is 2.17. The molecule has 1 unspecified atom stereocenters. The van der Waals surface area contributed by atoms with Crippen molar-refractivity contribution >= 4 is 22.8 Å². The van der Waals surface area contributed by atoms with Crippen molar-refractivity contribution in [3.63, 3.8) is 0 Å². The van der Waals surface area contributed by atoms with Gasteiger partial charge in [0.05, 0.1) is 6.54 Å². The minimum Gasteiger partial charge on any atom is -0.370 e. The van der Waals surface area contributed by atoms with Gasteiger partial charge in [0.15, 0.2) is 5.17 Å². The van der Waals surface area contributed by atoms with Crippen molar-refractivity contribution < 1.29 is 4.79 Å². The Morgan fingerprint density at radius 1 is 1.79 bits per heavy atom. The molecule has 1 amide bonds. The molecule has 0 aromatic rings. The maximum absolute atomic E-state index is 10.5. The molecular formula is C9H17N3OS. The highest BCUT2D eigenvalue weighted by molar-refractivity contribution is 8.14. The number of carbonyl (C=O) groups is 1. The monoisotopic (exact) mass is 215 g/mol. The Balaban J connectivity index is 2.12. The normalized spacial score (nSPS) is 20.6. The number of aliphatic imine (C=N–C) groups is 1. The molecule has 0 spiro atoms. The quantitative estimate of drug-likeness (QED) is 0.710. The van der Waals surface area contributed by atoms with Crippen LogP contribution in [-0.4, -0.2) is 29.4 Å². The number of nitrogens with one attached hydrogen (secondary N) is 1. The summed E-state index contributed by atoms with van der Waals surface area (Å²) >= 11 is 1.77. The summed E-state index contributed by atoms with van der Waals surface area (Å²) in [5.74, 6) is -0.272. The lowest BCUT2D eigenvalue weighted by Crippen LogP contribution is -2.25. The predicted molar refractivity (Wildman–Crippen MR) is 60.4 cm³/mol. The molecule has 0 radical (unpaired) electrons. The maximum Gasteiger partial charge on any atom is 0.219 e. The van der Waals surface area contributed by atoms with Crippen molar-refractivity contribution in [1.82, 2.24) is 5.32 Å². The Morgan fingerprint density at radius 3 is 3.21 bits per heavy atom. The molecule has 14 heavy (non-hydrogen) atoms. The summed E-state index contributed by atoms with van der Waals surface area (Å²) in [7, 11) is 0. The summed E-state index contributed by atoms with van der Waals surface area (Å²) < 4.78 is 0. The van der Waals surface area contributed by atoms with Crippen LogP contribution < -0.4 is 11.1 Å². The molecule has 4 nitrogen and oxygen atoms in total. The average molecular weight is 215 g/mol. The predicted octanol–water partition coefficient (Wildman–Crippen LogP) is 0.723. The van der Waals surface area contributed by atoms with Gasteiger partial charge < -0.3 is 11.1 Å². The summed E-state index contributed by atoms with van der Waals surface area (Å²) in [4.78, 5) is 14.8. The largest absolute Gasteiger partial charge is 0.370 e. The maximum atomic E-state index is 10.5. The van der Waals surface area contributed by atoms with Crippen LogP contribution >= 0.6 is 11.8 Å². The summed E-state index contributed by atoms with van der Waals surface area (Å²) in [5, 5.41) is 4.70. The van der Waals surface area contributed by atoms with Crippen LogP contribution in [0.15, 0.2) is 4.99 Å². The smallest absolute Gasteiger partial charge is 0.219 e. The number of carbonyl (C=O) groups excluding carboxylic acids is 1. The van der Waals surface area contributed by atoms with Crippen molar-refractivity contribution in [2.24, 2.45) is 10.7 Å². The summed E-state index contributed by atoms with van der Waals surface area (Å²) in [5.41, 5.74) is 5.03. The third-order valence-corrected chi connectivity index (χ3v) is 3.19. The number of hydrogen-bond donors (Lipinski definition) is 2. The van der Waals surface area contributed by atoms with E-state index in [1.807, 2.05) is 0 Å². The van der Waals surface area contributed by atoms with Gasteiger partial charge >= 0.3 is 0 Å². The zero-order valence-electron chi connectivity index (χ0n) is 8.45. The van der Waals surface area contributed by atoms with Gasteiger partial charge in [0.1, 0.15) is 0 Å². The molecule has 0 bridgehead atoms. The topological polar surface area (TPSA) is 67.5 Å². The number of thioether (sulfide) groups is 1. The van der Waals surface area contributed by atoms with Crippen LogP contribution in [-0.2, 0) is 4.79 Å². The number of nitrogens with zero attached hydrogens (tertiary/aromatic N) is 1. The van der Waals surface area contributed by atoms with Crippen molar-refractivity contribution in [3.05, 3.63) is 0 Å². The molecule has 80 valence electrons. The molecule has 0 fully saturated rings. The van der Waals surface area contributed by atoms with E-state index < -0.39 is 0 Å². The number of hydrogen-bond acceptors (Lipinski definition) is 4. The van der Waals surface area contributed by atoms with E-state index in [4.69, 9.17) is 5.73 Å². The van der Waals surface area contributed by atoms with E-state index in [2.05, 4.69) is 17.2 Å². The number of amides is 1. The minimum atomic E-state index is -0.272. The van der Waals surface area contributed by atoms with E-state index in [9.17, 15) is 4.79 Å². The molecule has 0 saturated heterocycles. The number of primary amides is 1. The van der Waals surface area contributed by atoms with Crippen LogP contribution in [0.1, 0.15) is 26.2 Å². The standard InChI is InChI=1S/C9H17N3OS/c1-2-3-7-6-12-9(14-7)11-5-4-8(10)13/h7H,2-6H2,1H3,(H2,10,13)(H,11,12). The van der Waals surface area contributed by atoms with Gasteiger partial charge in [-0.15, -0.1) is 0 Å². The van der Waals surface area contributed by atoms with Gasteiger partial charge in [-0.3, -0.25) is 9.79 Å². The van der Waals surface area contributed by atoms with E-state index in [-0.39, 0.29) is 5.91 Å². The molecule has 0 aromatic heterocycles. The third kappa shape index (κ3) is 4.00. The second-order valence-electron chi connectivity index (χ2n) is 3.32. The molecule has 0 saturated carbocycles. The van der Waals surface area contributed by atoms with Crippen LogP contribution in [0, 0.1) is 0 Å². The van der Waals surface area contributed by atoms with Gasteiger partial charge in [-0.25, -0.2) is 0 Å². The van der Waals surface area contributed by atoms with Crippen molar-refractivity contribution in [1.29, 1.82) is 0 Å². The van der Waals surface area contributed by atoms with Crippen LogP contribution in [0.5, 0.6) is 0 Å². The first-order chi connectivity index (χ1) is 6.72. The molecule has 1 aliphatic rings. The molecule has 1 aliphatic heterocycles. The van der Waals surface area contributed by atoms with E-state index in [0.29, 0.717) is 18.2 Å². The van der Waals surface area contributed by atoms with Crippen LogP contribution in [0.4, 0.5) is 0 Å². The van der Waals surface area contributed by atoms with Crippen LogP contribution in [0.3, 0.4) is 0 Å². The second-order valence-corrected chi connectivity index (χ2v) is 4.61. The summed E-state index contributed by atoms with van der Waals surface area (Å²) in [6.07, 6.45) is 2.77. The van der Waals surface area contributed by atoms with E-state index in [0.717, 1.165) is 11.7 Å². The number of rotatable bonds is 5. The van der Waals surface area contributed by atoms with Gasteiger partial charge in [-0.1, -0.05) is 25.1 Å². The zero-order chi connectivity index (χ0) is 10.4. The highest BCUT2D eigenvalue weighted by atomic mass is 32.2. The first-order valence-corrected chi connectivity index (χ1v) is 5.83. The molecule has 3 N–H and O–H groups in total. The van der Waals surface area contributed by atoms with Gasteiger partial charge in [-0.2, -0.15) is 0 Å². The Bertz CT molecular complexity index is 230. The van der Waals surface area contributed by atoms with E-state index in [1.54, 1.807) is 11.8 Å². The number of amidine groups is 1. The van der Waals surface area contributed by atoms with Gasteiger partial charge in [-0.05, 0) is 6.42 Å². The third-order valence-electron chi connectivity index (χ3n) is 1.98. The average Bonchev–Trinajstić information content (AvgIpc) is 2.53. The van der Waals surface area contributed by atoms with Gasteiger partial charge in [0.25, 0.3) is 0 Å². The Morgan fingerprint density at radius 2 is 2.57 bits per heavy atom. The minimum absolute atomic E-state index is 0.272. The fourth-order valence-corrected chi connectivity index (χ4v) is 2.43. The van der Waals surface area contributed by atoms with Crippen molar-refractivity contribution in [2.75, 3.05) is 13.1 Å². The number of nitrogens with two attached hydrogens (primary N) is 1. The lowest BCUT2D eigenvalue weighted by Gasteiger charge is -2.06. The van der Waals surface area contributed by atoms with Crippen LogP contribution in [0.25, 0.3) is 0 Å². The molecule has 0 aromatic carbocycles. The lowest BCUT2D eigenvalue weighted by atomic mass is 10.2. The molecular weight excluding hydrogens is 198 g/mol. The first-order valence-electron chi connectivity index (χ1n) is 4.95. The molecule has 1 heterocycles. The SMILES string of the molecule is CCCC1CN=C(NCCC(N)=O)S1. The molecule has 5 heteroatoms. The zero-order valence-corrected chi connectivity index (χ0v) is 9.27. The van der Waals surface area contributed by atoms with Gasteiger partial charge in [0, 0.05) is 18.2 Å².